The number of hydrogen-bond acceptors (Lipinski definition) is 7. The molecule has 1 fully saturated rings. The lowest BCUT2D eigenvalue weighted by molar-refractivity contribution is 0.158. The van der Waals surface area contributed by atoms with E-state index in [0.717, 1.165) is 17.0 Å². The van der Waals surface area contributed by atoms with Gasteiger partial charge in [-0.1, -0.05) is 17.7 Å². The van der Waals surface area contributed by atoms with E-state index in [2.05, 4.69) is 15.6 Å². The number of anilines is 4. The van der Waals surface area contributed by atoms with E-state index in [-0.39, 0.29) is 35.4 Å². The van der Waals surface area contributed by atoms with Crippen LogP contribution in [0.1, 0.15) is 12.5 Å². The van der Waals surface area contributed by atoms with Crippen molar-refractivity contribution in [2.75, 3.05) is 61.0 Å². The topological polar surface area (TPSA) is 114 Å². The Labute approximate surface area is 240 Å². The van der Waals surface area contributed by atoms with Crippen molar-refractivity contribution in [1.29, 1.82) is 5.26 Å². The molecule has 0 unspecified atom stereocenters. The van der Waals surface area contributed by atoms with Crippen LogP contribution in [0.25, 0.3) is 11.1 Å². The van der Waals surface area contributed by atoms with Crippen molar-refractivity contribution in [3.8, 4) is 17.2 Å². The number of amides is 3. The first-order valence-electron chi connectivity index (χ1n) is 13.0. The van der Waals surface area contributed by atoms with Gasteiger partial charge in [-0.2, -0.15) is 5.26 Å². The van der Waals surface area contributed by atoms with Crippen molar-refractivity contribution in [2.45, 2.75) is 6.92 Å². The maximum Gasteiger partial charge on any atom is 0.409 e. The zero-order valence-corrected chi connectivity index (χ0v) is 22.8. The molecule has 0 spiro atoms. The predicted octanol–water partition coefficient (Wildman–Crippen LogP) is 5.10. The molecule has 0 radical (unpaired) electrons. The first kappa shape index (κ1) is 28.1. The number of cyclic esters (lactones) is 1. The summed E-state index contributed by atoms with van der Waals surface area (Å²) in [4.78, 5) is 33.5. The zero-order valence-electron chi connectivity index (χ0n) is 22.1. The molecule has 41 heavy (non-hydrogen) atoms. The third kappa shape index (κ3) is 5.59. The highest BCUT2D eigenvalue weighted by molar-refractivity contribution is 6.31. The number of nitriles is 1. The molecule has 0 atom stereocenters. The minimum Gasteiger partial charge on any atom is -0.448 e. The summed E-state index contributed by atoms with van der Waals surface area (Å²) >= 11 is 6.22. The molecule has 0 saturated carbocycles. The lowest BCUT2D eigenvalue weighted by Crippen LogP contribution is -2.41. The van der Waals surface area contributed by atoms with E-state index in [0.29, 0.717) is 55.5 Å². The molecule has 2 aliphatic rings. The molecule has 5 rings (SSSR count). The van der Waals surface area contributed by atoms with E-state index >= 15 is 8.78 Å². The molecule has 1 aromatic heterocycles. The molecule has 2 aliphatic heterocycles. The standard InChI is InChI=1S/C28H26ClF2N7O3/c1-2-37-26-21(12-18(29)16-35-26)20-4-3-17(15-32)11-24(20)38(27(37)39)25-22(30)13-19(14-23(25)31)34-6-5-33-7-8-36-9-10-41-28(36)40/h3-4,11-14,16,33-34H,2,5-10H2,1H3. The molecule has 2 aromatic carbocycles. The highest BCUT2D eigenvalue weighted by Crippen LogP contribution is 2.45. The Morgan fingerprint density at radius 3 is 2.56 bits per heavy atom. The van der Waals surface area contributed by atoms with Gasteiger partial charge >= 0.3 is 12.1 Å². The van der Waals surface area contributed by atoms with Crippen molar-refractivity contribution in [1.82, 2.24) is 15.2 Å². The van der Waals surface area contributed by atoms with Crippen LogP contribution >= 0.6 is 11.6 Å². The summed E-state index contributed by atoms with van der Waals surface area (Å²) in [5.74, 6) is -1.66. The fourth-order valence-electron chi connectivity index (χ4n) is 4.82. The molecule has 10 nitrogen and oxygen atoms in total. The summed E-state index contributed by atoms with van der Waals surface area (Å²) in [6.45, 7) is 4.68. The number of nitrogens with zero attached hydrogens (tertiary/aromatic N) is 5. The van der Waals surface area contributed by atoms with E-state index in [1.54, 1.807) is 30.0 Å². The van der Waals surface area contributed by atoms with Crippen LogP contribution in [0.5, 0.6) is 0 Å². The number of benzene rings is 2. The largest absolute Gasteiger partial charge is 0.448 e. The monoisotopic (exact) mass is 581 g/mol. The van der Waals surface area contributed by atoms with Gasteiger partial charge in [0.1, 0.15) is 18.1 Å². The quantitative estimate of drug-likeness (QED) is 0.338. The van der Waals surface area contributed by atoms with E-state index in [1.807, 2.05) is 6.07 Å². The van der Waals surface area contributed by atoms with Gasteiger partial charge < -0.3 is 20.3 Å². The summed E-state index contributed by atoms with van der Waals surface area (Å²) < 4.78 is 36.2. The molecule has 1 saturated heterocycles. The minimum atomic E-state index is -0.970. The number of fused-ring (bicyclic) bond motifs is 3. The maximum absolute atomic E-state index is 15.7. The summed E-state index contributed by atoms with van der Waals surface area (Å²) in [5.41, 5.74) is 0.863. The summed E-state index contributed by atoms with van der Waals surface area (Å²) in [5, 5.41) is 16.0. The van der Waals surface area contributed by atoms with Gasteiger partial charge in [-0.15, -0.1) is 0 Å². The van der Waals surface area contributed by atoms with Gasteiger partial charge in [0.2, 0.25) is 0 Å². The number of carbonyl (C=O) groups excluding carboxylic acids is 2. The van der Waals surface area contributed by atoms with Crippen LogP contribution < -0.4 is 20.4 Å². The highest BCUT2D eigenvalue weighted by atomic mass is 35.5. The number of nitrogens with one attached hydrogen (secondary N) is 2. The van der Waals surface area contributed by atoms with Crippen LogP contribution in [0.2, 0.25) is 5.02 Å². The smallest absolute Gasteiger partial charge is 0.409 e. The number of aromatic nitrogens is 1. The van der Waals surface area contributed by atoms with Crippen molar-refractivity contribution >= 4 is 46.6 Å². The molecule has 3 amide bonds. The number of carbonyl (C=O) groups is 2. The van der Waals surface area contributed by atoms with Crippen molar-refractivity contribution in [2.24, 2.45) is 0 Å². The van der Waals surface area contributed by atoms with Crippen LogP contribution in [0, 0.1) is 23.0 Å². The fourth-order valence-corrected chi connectivity index (χ4v) is 4.98. The predicted molar refractivity (Wildman–Crippen MR) is 151 cm³/mol. The Morgan fingerprint density at radius 2 is 1.88 bits per heavy atom. The van der Waals surface area contributed by atoms with Gasteiger partial charge in [-0.05, 0) is 37.3 Å². The van der Waals surface area contributed by atoms with E-state index in [4.69, 9.17) is 16.3 Å². The summed E-state index contributed by atoms with van der Waals surface area (Å²) in [6, 6.07) is 9.71. The Kier molecular flexibility index (Phi) is 8.19. The molecule has 3 heterocycles. The van der Waals surface area contributed by atoms with Gasteiger partial charge in [0.25, 0.3) is 0 Å². The van der Waals surface area contributed by atoms with E-state index in [9.17, 15) is 14.9 Å². The normalized spacial score (nSPS) is 14.4. The van der Waals surface area contributed by atoms with Gasteiger partial charge in [-0.25, -0.2) is 23.4 Å². The molecule has 0 aliphatic carbocycles. The highest BCUT2D eigenvalue weighted by Gasteiger charge is 2.36. The Balaban J connectivity index is 1.41. The molecular weight excluding hydrogens is 556 g/mol. The van der Waals surface area contributed by atoms with Crippen LogP contribution in [0.15, 0.2) is 42.6 Å². The molecular formula is C28H26ClF2N7O3. The molecule has 2 N–H and O–H groups in total. The summed E-state index contributed by atoms with van der Waals surface area (Å²) in [7, 11) is 0. The van der Waals surface area contributed by atoms with Crippen molar-refractivity contribution in [3.63, 3.8) is 0 Å². The van der Waals surface area contributed by atoms with Crippen LogP contribution in [-0.4, -0.2) is 67.9 Å². The Morgan fingerprint density at radius 1 is 1.10 bits per heavy atom. The maximum atomic E-state index is 15.7. The number of halogens is 3. The number of rotatable bonds is 9. The van der Waals surface area contributed by atoms with Crippen molar-refractivity contribution in [3.05, 3.63) is 64.8 Å². The third-order valence-electron chi connectivity index (χ3n) is 6.76. The molecule has 212 valence electrons. The van der Waals surface area contributed by atoms with Crippen LogP contribution in [-0.2, 0) is 4.74 Å². The van der Waals surface area contributed by atoms with Gasteiger partial charge in [-0.3, -0.25) is 9.80 Å². The fraction of sp³-hybridized carbons (Fsp3) is 0.286. The minimum absolute atomic E-state index is 0.125. The van der Waals surface area contributed by atoms with E-state index < -0.39 is 23.4 Å². The lowest BCUT2D eigenvalue weighted by atomic mass is 10.0. The van der Waals surface area contributed by atoms with E-state index in [1.165, 1.54) is 17.2 Å². The summed E-state index contributed by atoms with van der Waals surface area (Å²) in [6.07, 6.45) is 1.06. The zero-order chi connectivity index (χ0) is 29.1. The first-order valence-corrected chi connectivity index (χ1v) is 13.4. The van der Waals surface area contributed by atoms with Gasteiger partial charge in [0.15, 0.2) is 11.6 Å². The number of urea groups is 1. The second-order valence-electron chi connectivity index (χ2n) is 9.30. The number of ether oxygens (including phenoxy) is 1. The second-order valence-corrected chi connectivity index (χ2v) is 9.73. The van der Waals surface area contributed by atoms with Crippen LogP contribution in [0.4, 0.5) is 41.2 Å². The first-order chi connectivity index (χ1) is 19.8. The SMILES string of the molecule is CCN1C(=O)N(c2c(F)cc(NCCNCCN3CCOC3=O)cc2F)c2cc(C#N)ccc2-c2cc(Cl)cnc21. The Hall–Kier alpha value is -4.47. The third-order valence-corrected chi connectivity index (χ3v) is 6.97. The van der Waals surface area contributed by atoms with Gasteiger partial charge in [0.05, 0.1) is 28.9 Å². The Bertz CT molecular complexity index is 1520. The number of pyridine rings is 1. The average molecular weight is 582 g/mol. The molecule has 13 heteroatoms. The number of hydrogen-bond donors (Lipinski definition) is 2. The lowest BCUT2D eigenvalue weighted by Gasteiger charge is -2.28. The second kappa shape index (κ2) is 12.0. The van der Waals surface area contributed by atoms with Gasteiger partial charge in [0, 0.05) is 55.7 Å². The van der Waals surface area contributed by atoms with Crippen molar-refractivity contribution < 1.29 is 23.1 Å². The van der Waals surface area contributed by atoms with Crippen LogP contribution in [0.3, 0.4) is 0 Å². The molecule has 0 bridgehead atoms. The molecule has 3 aromatic rings. The average Bonchev–Trinajstić information content (AvgIpc) is 3.33.